The Morgan fingerprint density at radius 1 is 0.956 bits per heavy atom. The second-order valence-electron chi connectivity index (χ2n) is 11.9. The van der Waals surface area contributed by atoms with Crippen LogP contribution in [-0.4, -0.2) is 52.9 Å². The number of nitrogens with zero attached hydrogens (tertiary/aromatic N) is 5. The molecule has 9 nitrogen and oxygen atoms in total. The summed E-state index contributed by atoms with van der Waals surface area (Å²) in [6.45, 7) is 10.8. The van der Waals surface area contributed by atoms with Crippen molar-refractivity contribution in [2.75, 3.05) is 36.5 Å². The highest BCUT2D eigenvalue weighted by atomic mass is 35.5. The van der Waals surface area contributed by atoms with Gasteiger partial charge in [0.05, 0.1) is 23.0 Å². The number of furan rings is 1. The van der Waals surface area contributed by atoms with Gasteiger partial charge < -0.3 is 18.8 Å². The Morgan fingerprint density at radius 3 is 2.47 bits per heavy atom. The molecule has 3 aromatic heterocycles. The molecule has 0 radical (unpaired) electrons. The lowest BCUT2D eigenvalue weighted by Gasteiger charge is -2.27. The number of amides is 2. The number of carbonyl (C=O) groups excluding carboxylic acids is 2. The summed E-state index contributed by atoms with van der Waals surface area (Å²) < 4.78 is 7.13. The Balaban J connectivity index is 0.00000276. The van der Waals surface area contributed by atoms with Gasteiger partial charge in [-0.05, 0) is 95.0 Å². The first-order valence-corrected chi connectivity index (χ1v) is 15.0. The third kappa shape index (κ3) is 7.43. The Bertz CT molecular complexity index is 1700. The molecule has 0 aliphatic carbocycles. The van der Waals surface area contributed by atoms with Crippen LogP contribution < -0.4 is 15.4 Å². The van der Waals surface area contributed by atoms with Gasteiger partial charge >= 0.3 is 0 Å². The fourth-order valence-corrected chi connectivity index (χ4v) is 5.89. The predicted octanol–water partition coefficient (Wildman–Crippen LogP) is 6.02. The molecule has 0 atom stereocenters. The molecule has 4 heterocycles. The van der Waals surface area contributed by atoms with E-state index in [1.807, 2.05) is 38.2 Å². The second-order valence-corrected chi connectivity index (χ2v) is 11.9. The van der Waals surface area contributed by atoms with E-state index in [4.69, 9.17) is 4.42 Å². The lowest BCUT2D eigenvalue weighted by molar-refractivity contribution is -0.137. The largest absolute Gasteiger partial charge is 0.464 e. The molecule has 45 heavy (non-hydrogen) atoms. The average molecular weight is 657 g/mol. The van der Waals surface area contributed by atoms with Crippen LogP contribution in [0.5, 0.6) is 0 Å². The number of unbranched alkanes of at least 4 members (excludes halogenated alkanes) is 1. The van der Waals surface area contributed by atoms with Crippen molar-refractivity contribution in [1.82, 2.24) is 14.5 Å². The van der Waals surface area contributed by atoms with E-state index in [-0.39, 0.29) is 42.2 Å². The van der Waals surface area contributed by atoms with Crippen molar-refractivity contribution in [3.8, 4) is 0 Å². The zero-order chi connectivity index (χ0) is 30.7. The molecule has 0 N–H and O–H groups in total. The summed E-state index contributed by atoms with van der Waals surface area (Å²) in [5, 5.41) is 0.597. The molecule has 242 valence electrons. The van der Waals surface area contributed by atoms with Gasteiger partial charge in [-0.25, -0.2) is 0 Å². The second kappa shape index (κ2) is 15.1. The summed E-state index contributed by atoms with van der Waals surface area (Å²) in [5.74, 6) is -0.367. The van der Waals surface area contributed by atoms with Gasteiger partial charge in [0.25, 0.3) is 5.56 Å². The lowest BCUT2D eigenvalue weighted by Crippen LogP contribution is -2.47. The van der Waals surface area contributed by atoms with Crippen molar-refractivity contribution in [3.63, 3.8) is 0 Å². The Morgan fingerprint density at radius 2 is 1.73 bits per heavy atom. The van der Waals surface area contributed by atoms with E-state index in [0.717, 1.165) is 61.5 Å². The van der Waals surface area contributed by atoms with Crippen LogP contribution in [0.1, 0.15) is 50.4 Å². The Hall–Kier alpha value is -3.66. The highest BCUT2D eigenvalue weighted by Gasteiger charge is 2.45. The number of fused-ring (bicyclic) bond motifs is 2. The van der Waals surface area contributed by atoms with E-state index in [2.05, 4.69) is 28.1 Å². The summed E-state index contributed by atoms with van der Waals surface area (Å²) in [5.41, 5.74) is 4.33. The number of anilines is 2. The van der Waals surface area contributed by atoms with E-state index in [0.29, 0.717) is 24.1 Å². The highest BCUT2D eigenvalue weighted by molar-refractivity contribution is 6.19. The molecule has 0 spiro atoms. The van der Waals surface area contributed by atoms with Gasteiger partial charge in [0, 0.05) is 51.3 Å². The van der Waals surface area contributed by atoms with Crippen LogP contribution >= 0.6 is 24.8 Å². The Labute approximate surface area is 277 Å². The molecule has 0 bridgehead atoms. The zero-order valence-corrected chi connectivity index (χ0v) is 28.2. The number of benzene rings is 1. The topological polar surface area (TPSA) is 91.9 Å². The molecule has 4 aromatic rings. The molecule has 5 rings (SSSR count). The van der Waals surface area contributed by atoms with Crippen LogP contribution in [0.2, 0.25) is 0 Å². The van der Waals surface area contributed by atoms with Gasteiger partial charge in [-0.2, -0.15) is 0 Å². The molecule has 0 saturated heterocycles. The summed E-state index contributed by atoms with van der Waals surface area (Å²) in [4.78, 5) is 49.5. The number of hydrogen-bond donors (Lipinski definition) is 0. The van der Waals surface area contributed by atoms with E-state index in [1.54, 1.807) is 53.8 Å². The monoisotopic (exact) mass is 655 g/mol. The first-order valence-electron chi connectivity index (χ1n) is 15.0. The molecule has 2 amide bonds. The number of rotatable bonds is 11. The van der Waals surface area contributed by atoms with Gasteiger partial charge in [0.2, 0.25) is 11.8 Å². The molecular weight excluding hydrogens is 613 g/mol. The third-order valence-electron chi connectivity index (χ3n) is 8.58. The molecule has 0 unspecified atom stereocenters. The first kappa shape index (κ1) is 35.8. The molecule has 0 fully saturated rings. The van der Waals surface area contributed by atoms with Crippen LogP contribution in [0, 0.1) is 12.3 Å². The maximum Gasteiger partial charge on any atom is 0.261 e. The van der Waals surface area contributed by atoms with E-state index < -0.39 is 5.41 Å². The molecular formula is C34H43Cl2N5O4. The minimum atomic E-state index is -1.12. The minimum absolute atomic E-state index is 0. The fraction of sp³-hybridized carbons (Fsp3) is 0.412. The number of aryl methyl sites for hydroxylation is 2. The standard InChI is InChI=1S/C34H41N5O4.2ClH/c1-6-39-28-13-12-25(22-29(28)36(5)32(41)34(3,4)33(39)42)10-7-8-17-37(23-26-11-9-16-35-24(26)2)19-20-38-18-14-30-27(31(38)40)15-21-43-30;;/h9,11-16,18,21-22H,6-8,10,17,19-20,23H2,1-5H3;2*1H. The minimum Gasteiger partial charge on any atom is -0.464 e. The predicted molar refractivity (Wildman–Crippen MR) is 184 cm³/mol. The van der Waals surface area contributed by atoms with Crippen LogP contribution in [0.15, 0.2) is 70.3 Å². The van der Waals surface area contributed by atoms with Gasteiger partial charge in [-0.1, -0.05) is 12.1 Å². The van der Waals surface area contributed by atoms with E-state index in [9.17, 15) is 14.4 Å². The third-order valence-corrected chi connectivity index (χ3v) is 8.58. The summed E-state index contributed by atoms with van der Waals surface area (Å²) in [6.07, 6.45) is 7.94. The molecule has 0 saturated carbocycles. The smallest absolute Gasteiger partial charge is 0.261 e. The van der Waals surface area contributed by atoms with E-state index >= 15 is 0 Å². The van der Waals surface area contributed by atoms with Crippen molar-refractivity contribution < 1.29 is 14.0 Å². The van der Waals surface area contributed by atoms with Gasteiger partial charge in [0.15, 0.2) is 0 Å². The average Bonchev–Trinajstić information content (AvgIpc) is 3.48. The first-order chi connectivity index (χ1) is 20.6. The molecule has 11 heteroatoms. The summed E-state index contributed by atoms with van der Waals surface area (Å²) in [6, 6.07) is 13.7. The summed E-state index contributed by atoms with van der Waals surface area (Å²) >= 11 is 0. The van der Waals surface area contributed by atoms with Crippen molar-refractivity contribution in [3.05, 3.63) is 88.3 Å². The molecule has 1 aromatic carbocycles. The van der Waals surface area contributed by atoms with Crippen LogP contribution in [0.3, 0.4) is 0 Å². The van der Waals surface area contributed by atoms with Crippen LogP contribution in [-0.2, 0) is 29.1 Å². The van der Waals surface area contributed by atoms with Crippen molar-refractivity contribution >= 4 is 59.0 Å². The van der Waals surface area contributed by atoms with Crippen molar-refractivity contribution in [2.24, 2.45) is 5.41 Å². The summed E-state index contributed by atoms with van der Waals surface area (Å²) in [7, 11) is 1.76. The fourth-order valence-electron chi connectivity index (χ4n) is 5.89. The van der Waals surface area contributed by atoms with E-state index in [1.165, 1.54) is 5.56 Å². The molecule has 1 aliphatic rings. The van der Waals surface area contributed by atoms with Gasteiger partial charge in [-0.15, -0.1) is 24.8 Å². The SMILES string of the molecule is CCN1C(=O)C(C)(C)C(=O)N(C)c2cc(CCCCN(CCn3ccc4occc4c3=O)Cc3cccnc3C)ccc21.Cl.Cl. The van der Waals surface area contributed by atoms with Crippen molar-refractivity contribution in [1.29, 1.82) is 0 Å². The number of aromatic nitrogens is 2. The lowest BCUT2D eigenvalue weighted by atomic mass is 9.90. The number of carbonyl (C=O) groups is 2. The maximum atomic E-state index is 13.2. The Kier molecular flexibility index (Phi) is 12.0. The number of halogens is 2. The zero-order valence-electron chi connectivity index (χ0n) is 26.6. The number of hydrogen-bond acceptors (Lipinski definition) is 6. The quantitative estimate of drug-likeness (QED) is 0.145. The normalized spacial score (nSPS) is 14.3. The van der Waals surface area contributed by atoms with Crippen molar-refractivity contribution in [2.45, 2.75) is 60.0 Å². The maximum absolute atomic E-state index is 13.2. The van der Waals surface area contributed by atoms with Gasteiger partial charge in [-0.3, -0.25) is 24.3 Å². The van der Waals surface area contributed by atoms with Crippen LogP contribution in [0.4, 0.5) is 11.4 Å². The van der Waals surface area contributed by atoms with Crippen LogP contribution in [0.25, 0.3) is 11.0 Å². The van der Waals surface area contributed by atoms with Gasteiger partial charge in [0.1, 0.15) is 11.0 Å². The number of pyridine rings is 2. The highest BCUT2D eigenvalue weighted by Crippen LogP contribution is 2.39. The molecule has 1 aliphatic heterocycles.